The quantitative estimate of drug-likeness (QED) is 0.774. The van der Waals surface area contributed by atoms with Crippen molar-refractivity contribution in [3.05, 3.63) is 29.6 Å². The van der Waals surface area contributed by atoms with Crippen LogP contribution in [-0.2, 0) is 21.9 Å². The summed E-state index contributed by atoms with van der Waals surface area (Å²) in [4.78, 5) is 4.33. The maximum absolute atomic E-state index is 11.0. The maximum Gasteiger partial charge on any atom is 0.236 e. The number of imidazole rings is 1. The molecule has 2 rings (SSSR count). The molecular formula is C10H11ClN2O2S. The van der Waals surface area contributed by atoms with Gasteiger partial charge in [0.15, 0.2) is 0 Å². The Bertz CT molecular complexity index is 646. The molecule has 0 saturated heterocycles. The van der Waals surface area contributed by atoms with Gasteiger partial charge in [0, 0.05) is 17.7 Å². The summed E-state index contributed by atoms with van der Waals surface area (Å²) >= 11 is 0. The molecule has 0 N–H and O–H groups in total. The molecule has 0 aliphatic rings. The Morgan fingerprint density at radius 2 is 2.12 bits per heavy atom. The van der Waals surface area contributed by atoms with Crippen LogP contribution in [-0.4, -0.2) is 18.0 Å². The van der Waals surface area contributed by atoms with Gasteiger partial charge >= 0.3 is 0 Å². The molecule has 0 fully saturated rings. The zero-order chi connectivity index (χ0) is 11.9. The number of fused-ring (bicyclic) bond motifs is 1. The van der Waals surface area contributed by atoms with Gasteiger partial charge in [-0.25, -0.2) is 13.4 Å². The third-order valence-corrected chi connectivity index (χ3v) is 3.51. The summed E-state index contributed by atoms with van der Waals surface area (Å²) in [5, 5.41) is 0. The zero-order valence-corrected chi connectivity index (χ0v) is 10.5. The van der Waals surface area contributed by atoms with E-state index in [0.29, 0.717) is 5.56 Å². The fourth-order valence-corrected chi connectivity index (χ4v) is 2.60. The molecule has 1 heterocycles. The minimum absolute atomic E-state index is 0.158. The molecule has 86 valence electrons. The molecule has 0 radical (unpaired) electrons. The number of nitrogens with zero attached hydrogens (tertiary/aromatic N) is 2. The Morgan fingerprint density at radius 1 is 1.44 bits per heavy atom. The molecule has 6 heteroatoms. The molecule has 0 aliphatic heterocycles. The number of aromatic nitrogens is 2. The van der Waals surface area contributed by atoms with Gasteiger partial charge < -0.3 is 4.57 Å². The number of rotatable bonds is 2. The molecule has 0 aliphatic carbocycles. The lowest BCUT2D eigenvalue weighted by molar-refractivity contribution is 0.609. The molecule has 0 bridgehead atoms. The zero-order valence-electron chi connectivity index (χ0n) is 8.94. The average Bonchev–Trinajstić information content (AvgIpc) is 2.42. The topological polar surface area (TPSA) is 52.0 Å². The first-order chi connectivity index (χ1) is 7.37. The summed E-state index contributed by atoms with van der Waals surface area (Å²) in [6.45, 7) is 1.90. The number of benzene rings is 1. The van der Waals surface area contributed by atoms with Crippen molar-refractivity contribution in [2.45, 2.75) is 12.7 Å². The average molecular weight is 259 g/mol. The largest absolute Gasteiger partial charge is 0.331 e. The SMILES string of the molecule is Cc1nc2ccc(CS(=O)(=O)Cl)cc2n1C. The predicted octanol–water partition coefficient (Wildman–Crippen LogP) is 1.95. The Balaban J connectivity index is 2.55. The number of halogens is 1. The predicted molar refractivity (Wildman–Crippen MR) is 63.9 cm³/mol. The summed E-state index contributed by atoms with van der Waals surface area (Å²) in [5.41, 5.74) is 2.44. The van der Waals surface area contributed by atoms with Crippen LogP contribution in [0.1, 0.15) is 11.4 Å². The standard InChI is InChI=1S/C10H11ClN2O2S/c1-7-12-9-4-3-8(6-16(11,14)15)5-10(9)13(7)2/h3-5H,6H2,1-2H3. The van der Waals surface area contributed by atoms with Gasteiger partial charge in [0.1, 0.15) is 5.82 Å². The highest BCUT2D eigenvalue weighted by Crippen LogP contribution is 2.18. The lowest BCUT2D eigenvalue weighted by Crippen LogP contribution is -1.96. The lowest BCUT2D eigenvalue weighted by atomic mass is 10.2. The van der Waals surface area contributed by atoms with Crippen molar-refractivity contribution in [3.63, 3.8) is 0 Å². The first-order valence-corrected chi connectivity index (χ1v) is 7.19. The molecule has 16 heavy (non-hydrogen) atoms. The second-order valence-corrected chi connectivity index (χ2v) is 6.50. The third-order valence-electron chi connectivity index (χ3n) is 2.51. The summed E-state index contributed by atoms with van der Waals surface area (Å²) < 4.78 is 23.9. The molecular weight excluding hydrogens is 248 g/mol. The summed E-state index contributed by atoms with van der Waals surface area (Å²) in [5.74, 6) is 0.732. The number of hydrogen-bond donors (Lipinski definition) is 0. The van der Waals surface area contributed by atoms with Gasteiger partial charge in [-0.3, -0.25) is 0 Å². The van der Waals surface area contributed by atoms with Crippen LogP contribution in [0.25, 0.3) is 11.0 Å². The van der Waals surface area contributed by atoms with Gasteiger partial charge in [0.25, 0.3) is 0 Å². The van der Waals surface area contributed by atoms with E-state index in [9.17, 15) is 8.42 Å². The van der Waals surface area contributed by atoms with Crippen LogP contribution < -0.4 is 0 Å². The smallest absolute Gasteiger partial charge is 0.236 e. The molecule has 0 unspecified atom stereocenters. The van der Waals surface area contributed by atoms with Crippen LogP contribution in [0.4, 0.5) is 0 Å². The monoisotopic (exact) mass is 258 g/mol. The van der Waals surface area contributed by atoms with E-state index in [1.165, 1.54) is 0 Å². The van der Waals surface area contributed by atoms with Crippen molar-refractivity contribution < 1.29 is 8.42 Å². The van der Waals surface area contributed by atoms with Crippen LogP contribution in [0.2, 0.25) is 0 Å². The number of hydrogen-bond acceptors (Lipinski definition) is 3. The van der Waals surface area contributed by atoms with Gasteiger partial charge in [0.2, 0.25) is 9.05 Å². The van der Waals surface area contributed by atoms with Crippen molar-refractivity contribution in [2.75, 3.05) is 0 Å². The van der Waals surface area contributed by atoms with Crippen molar-refractivity contribution in [1.82, 2.24) is 9.55 Å². The van der Waals surface area contributed by atoms with Gasteiger partial charge in [-0.2, -0.15) is 0 Å². The van der Waals surface area contributed by atoms with Crippen LogP contribution in [0.3, 0.4) is 0 Å². The van der Waals surface area contributed by atoms with E-state index in [0.717, 1.165) is 16.9 Å². The van der Waals surface area contributed by atoms with Crippen LogP contribution in [0.5, 0.6) is 0 Å². The lowest BCUT2D eigenvalue weighted by Gasteiger charge is -2.00. The highest BCUT2D eigenvalue weighted by atomic mass is 35.7. The van der Waals surface area contributed by atoms with E-state index in [-0.39, 0.29) is 5.75 Å². The van der Waals surface area contributed by atoms with Gasteiger partial charge in [-0.1, -0.05) is 6.07 Å². The Kier molecular flexibility index (Phi) is 2.67. The first-order valence-electron chi connectivity index (χ1n) is 4.71. The van der Waals surface area contributed by atoms with E-state index >= 15 is 0 Å². The van der Waals surface area contributed by atoms with Crippen molar-refractivity contribution in [1.29, 1.82) is 0 Å². The minimum atomic E-state index is -3.51. The van der Waals surface area contributed by atoms with Crippen LogP contribution in [0, 0.1) is 6.92 Å². The minimum Gasteiger partial charge on any atom is -0.331 e. The summed E-state index contributed by atoms with van der Waals surface area (Å²) in [7, 11) is 3.60. The second kappa shape index (κ2) is 3.75. The normalized spacial score (nSPS) is 12.2. The first kappa shape index (κ1) is 11.4. The van der Waals surface area contributed by atoms with Crippen LogP contribution >= 0.6 is 10.7 Å². The Labute approximate surface area is 98.3 Å². The fourth-order valence-electron chi connectivity index (χ4n) is 1.64. The molecule has 2 aromatic rings. The second-order valence-electron chi connectivity index (χ2n) is 3.72. The number of aryl methyl sites for hydroxylation is 2. The molecule has 0 atom stereocenters. The van der Waals surface area contributed by atoms with Crippen molar-refractivity contribution in [2.24, 2.45) is 7.05 Å². The summed E-state index contributed by atoms with van der Waals surface area (Å²) in [6.07, 6.45) is 0. The van der Waals surface area contributed by atoms with Gasteiger partial charge in [0.05, 0.1) is 16.8 Å². The molecule has 0 amide bonds. The fraction of sp³-hybridized carbons (Fsp3) is 0.300. The van der Waals surface area contributed by atoms with Crippen molar-refractivity contribution >= 4 is 30.8 Å². The van der Waals surface area contributed by atoms with E-state index < -0.39 is 9.05 Å². The van der Waals surface area contributed by atoms with Crippen molar-refractivity contribution in [3.8, 4) is 0 Å². The molecule has 0 spiro atoms. The van der Waals surface area contributed by atoms with E-state index in [2.05, 4.69) is 4.98 Å². The molecule has 1 aromatic heterocycles. The van der Waals surface area contributed by atoms with Crippen LogP contribution in [0.15, 0.2) is 18.2 Å². The molecule has 4 nitrogen and oxygen atoms in total. The van der Waals surface area contributed by atoms with E-state index in [4.69, 9.17) is 10.7 Å². The molecule has 0 saturated carbocycles. The maximum atomic E-state index is 11.0. The highest BCUT2D eigenvalue weighted by molar-refractivity contribution is 8.13. The van der Waals surface area contributed by atoms with Gasteiger partial charge in [-0.15, -0.1) is 0 Å². The third kappa shape index (κ3) is 2.20. The highest BCUT2D eigenvalue weighted by Gasteiger charge is 2.10. The van der Waals surface area contributed by atoms with E-state index in [1.54, 1.807) is 18.2 Å². The Hall–Kier alpha value is -1.07. The van der Waals surface area contributed by atoms with E-state index in [1.807, 2.05) is 18.5 Å². The molecule has 1 aromatic carbocycles. The Morgan fingerprint density at radius 3 is 2.75 bits per heavy atom. The van der Waals surface area contributed by atoms with Gasteiger partial charge in [-0.05, 0) is 24.6 Å². The summed E-state index contributed by atoms with van der Waals surface area (Å²) in [6, 6.07) is 5.34.